The van der Waals surface area contributed by atoms with Crippen LogP contribution in [0.15, 0.2) is 66.0 Å². The lowest BCUT2D eigenvalue weighted by molar-refractivity contribution is 0.615. The molecule has 4 N–H and O–H groups in total. The Balaban J connectivity index is 1.55. The normalized spacial score (nSPS) is 12.7. The highest BCUT2D eigenvalue weighted by molar-refractivity contribution is 5.77. The van der Waals surface area contributed by atoms with Crippen LogP contribution < -0.4 is 11.1 Å². The van der Waals surface area contributed by atoms with Gasteiger partial charge in [0.25, 0.3) is 0 Å². The molecule has 1 heterocycles. The Morgan fingerprint density at radius 2 is 1.93 bits per heavy atom. The van der Waals surface area contributed by atoms with Crippen LogP contribution in [0, 0.1) is 11.6 Å². The molecule has 0 aliphatic rings. The predicted octanol–water partition coefficient (Wildman–Crippen LogP) is 3.75. The molecular weight excluding hydrogens is 372 g/mol. The van der Waals surface area contributed by atoms with E-state index < -0.39 is 0 Å². The average Bonchev–Trinajstić information content (AvgIpc) is 3.23. The van der Waals surface area contributed by atoms with E-state index in [2.05, 4.69) is 20.3 Å². The zero-order chi connectivity index (χ0) is 20.5. The maximum absolute atomic E-state index is 13.7. The number of aromatic amines is 1. The molecule has 0 radical (unpaired) electrons. The number of aryl methyl sites for hydroxylation is 1. The van der Waals surface area contributed by atoms with E-state index in [1.807, 2.05) is 6.07 Å². The third kappa shape index (κ3) is 6.41. The van der Waals surface area contributed by atoms with Crippen molar-refractivity contribution in [2.75, 3.05) is 13.1 Å². The summed E-state index contributed by atoms with van der Waals surface area (Å²) in [6.45, 7) is 1.18. The highest BCUT2D eigenvalue weighted by Gasteiger charge is 2.15. The number of halogens is 2. The maximum atomic E-state index is 13.7. The molecule has 0 spiro atoms. The SMILES string of the molecule is NC(=NCCCc1cnc[nH]1)NCC[C@H](c1ccc(F)cc1)c1cccc(F)c1. The van der Waals surface area contributed by atoms with Gasteiger partial charge in [-0.1, -0.05) is 24.3 Å². The van der Waals surface area contributed by atoms with Gasteiger partial charge in [-0.3, -0.25) is 4.99 Å². The number of hydrogen-bond acceptors (Lipinski definition) is 2. The second-order valence-electron chi connectivity index (χ2n) is 6.82. The number of aliphatic imine (C=N–C) groups is 1. The van der Waals surface area contributed by atoms with Crippen LogP contribution in [0.3, 0.4) is 0 Å². The number of benzene rings is 2. The lowest BCUT2D eigenvalue weighted by Gasteiger charge is -2.19. The largest absolute Gasteiger partial charge is 0.370 e. The standard InChI is InChI=1S/C22H25F2N5/c23-18-8-6-16(7-9-18)21(17-3-1-4-19(24)13-17)10-12-28-22(25)27-11-2-5-20-14-26-15-29-20/h1,3-4,6-9,13-15,21H,2,5,10-12H2,(H,26,29)(H3,25,27,28)/t21-/m1/s1. The van der Waals surface area contributed by atoms with Gasteiger partial charge in [0, 0.05) is 30.9 Å². The van der Waals surface area contributed by atoms with Gasteiger partial charge in [0.15, 0.2) is 5.96 Å². The third-order valence-electron chi connectivity index (χ3n) is 4.70. The fourth-order valence-corrected chi connectivity index (χ4v) is 3.24. The molecule has 1 aromatic heterocycles. The van der Waals surface area contributed by atoms with Crippen LogP contribution >= 0.6 is 0 Å². The lowest BCUT2D eigenvalue weighted by Crippen LogP contribution is -2.33. The Labute approximate surface area is 169 Å². The van der Waals surface area contributed by atoms with E-state index in [-0.39, 0.29) is 17.6 Å². The van der Waals surface area contributed by atoms with Crippen LogP contribution in [0.4, 0.5) is 8.78 Å². The molecule has 29 heavy (non-hydrogen) atoms. The van der Waals surface area contributed by atoms with Gasteiger partial charge < -0.3 is 16.0 Å². The van der Waals surface area contributed by atoms with E-state index in [1.54, 1.807) is 30.7 Å². The number of H-pyrrole nitrogens is 1. The van der Waals surface area contributed by atoms with Gasteiger partial charge in [-0.15, -0.1) is 0 Å². The first-order valence-corrected chi connectivity index (χ1v) is 9.64. The van der Waals surface area contributed by atoms with E-state index in [0.29, 0.717) is 25.5 Å². The Morgan fingerprint density at radius 3 is 2.66 bits per heavy atom. The summed E-state index contributed by atoms with van der Waals surface area (Å²) in [6.07, 6.45) is 5.85. The molecule has 0 saturated carbocycles. The molecule has 0 fully saturated rings. The summed E-state index contributed by atoms with van der Waals surface area (Å²) in [6, 6.07) is 12.8. The summed E-state index contributed by atoms with van der Waals surface area (Å²) >= 11 is 0. The van der Waals surface area contributed by atoms with Gasteiger partial charge in [-0.25, -0.2) is 13.8 Å². The quantitative estimate of drug-likeness (QED) is 0.292. The first kappa shape index (κ1) is 20.5. The van der Waals surface area contributed by atoms with Crippen LogP contribution in [-0.4, -0.2) is 29.0 Å². The molecule has 0 aliphatic carbocycles. The van der Waals surface area contributed by atoms with Crippen LogP contribution in [0.5, 0.6) is 0 Å². The van der Waals surface area contributed by atoms with Crippen molar-refractivity contribution in [2.24, 2.45) is 10.7 Å². The second kappa shape index (κ2) is 10.4. The van der Waals surface area contributed by atoms with Crippen LogP contribution in [0.2, 0.25) is 0 Å². The molecule has 0 bridgehead atoms. The zero-order valence-electron chi connectivity index (χ0n) is 16.1. The minimum atomic E-state index is -0.295. The monoisotopic (exact) mass is 397 g/mol. The summed E-state index contributed by atoms with van der Waals surface area (Å²) in [5.74, 6) is -0.282. The molecule has 0 saturated heterocycles. The highest BCUT2D eigenvalue weighted by atomic mass is 19.1. The van der Waals surface area contributed by atoms with Crippen LogP contribution in [0.25, 0.3) is 0 Å². The van der Waals surface area contributed by atoms with Gasteiger partial charge >= 0.3 is 0 Å². The molecular formula is C22H25F2N5. The van der Waals surface area contributed by atoms with Gasteiger partial charge in [-0.2, -0.15) is 0 Å². The topological polar surface area (TPSA) is 79.1 Å². The first-order chi connectivity index (χ1) is 14.1. The van der Waals surface area contributed by atoms with Crippen LogP contribution in [-0.2, 0) is 6.42 Å². The van der Waals surface area contributed by atoms with E-state index >= 15 is 0 Å². The van der Waals surface area contributed by atoms with Gasteiger partial charge in [0.2, 0.25) is 0 Å². The number of aromatic nitrogens is 2. The number of nitrogens with two attached hydrogens (primary N) is 1. The molecule has 3 rings (SSSR count). The Bertz CT molecular complexity index is 907. The van der Waals surface area contributed by atoms with Gasteiger partial charge in [0.1, 0.15) is 11.6 Å². The number of rotatable bonds is 9. The summed E-state index contributed by atoms with van der Waals surface area (Å²) in [7, 11) is 0. The summed E-state index contributed by atoms with van der Waals surface area (Å²) < 4.78 is 27.0. The molecule has 1 atom stereocenters. The average molecular weight is 397 g/mol. The number of hydrogen-bond donors (Lipinski definition) is 3. The minimum Gasteiger partial charge on any atom is -0.370 e. The highest BCUT2D eigenvalue weighted by Crippen LogP contribution is 2.28. The fourth-order valence-electron chi connectivity index (χ4n) is 3.24. The van der Waals surface area contributed by atoms with Crippen molar-refractivity contribution < 1.29 is 8.78 Å². The minimum absolute atomic E-state index is 0.0769. The molecule has 5 nitrogen and oxygen atoms in total. The van der Waals surface area contributed by atoms with E-state index in [9.17, 15) is 8.78 Å². The van der Waals surface area contributed by atoms with Crippen molar-refractivity contribution >= 4 is 5.96 Å². The molecule has 0 amide bonds. The molecule has 152 valence electrons. The summed E-state index contributed by atoms with van der Waals surface area (Å²) in [5, 5.41) is 3.11. The van der Waals surface area contributed by atoms with Crippen molar-refractivity contribution in [3.05, 3.63) is 89.5 Å². The fraction of sp³-hybridized carbons (Fsp3) is 0.273. The second-order valence-corrected chi connectivity index (χ2v) is 6.82. The molecule has 0 aliphatic heterocycles. The smallest absolute Gasteiger partial charge is 0.188 e. The number of nitrogens with one attached hydrogen (secondary N) is 2. The molecule has 0 unspecified atom stereocenters. The maximum Gasteiger partial charge on any atom is 0.188 e. The van der Waals surface area contributed by atoms with Gasteiger partial charge in [-0.05, 0) is 54.7 Å². The van der Waals surface area contributed by atoms with Crippen LogP contribution in [0.1, 0.15) is 35.6 Å². The van der Waals surface area contributed by atoms with E-state index in [1.165, 1.54) is 24.3 Å². The molecule has 3 aromatic rings. The lowest BCUT2D eigenvalue weighted by atomic mass is 9.88. The Kier molecular flexibility index (Phi) is 7.33. The number of imidazole rings is 1. The Hall–Kier alpha value is -3.22. The van der Waals surface area contributed by atoms with E-state index in [4.69, 9.17) is 5.73 Å². The van der Waals surface area contributed by atoms with Gasteiger partial charge in [0.05, 0.1) is 6.33 Å². The first-order valence-electron chi connectivity index (χ1n) is 9.64. The van der Waals surface area contributed by atoms with Crippen molar-refractivity contribution in [3.8, 4) is 0 Å². The third-order valence-corrected chi connectivity index (χ3v) is 4.70. The summed E-state index contributed by atoms with van der Waals surface area (Å²) in [5.41, 5.74) is 8.79. The van der Waals surface area contributed by atoms with Crippen molar-refractivity contribution in [3.63, 3.8) is 0 Å². The molecule has 7 heteroatoms. The summed E-state index contributed by atoms with van der Waals surface area (Å²) in [4.78, 5) is 11.4. The number of guanidine groups is 1. The predicted molar refractivity (Wildman–Crippen MR) is 111 cm³/mol. The number of nitrogens with zero attached hydrogens (tertiary/aromatic N) is 2. The van der Waals surface area contributed by atoms with E-state index in [0.717, 1.165) is 29.7 Å². The zero-order valence-corrected chi connectivity index (χ0v) is 16.1. The molecule has 2 aromatic carbocycles. The van der Waals surface area contributed by atoms with Crippen molar-refractivity contribution in [1.82, 2.24) is 15.3 Å². The Morgan fingerprint density at radius 1 is 1.10 bits per heavy atom. The van der Waals surface area contributed by atoms with Crippen molar-refractivity contribution in [1.29, 1.82) is 0 Å². The van der Waals surface area contributed by atoms with Crippen molar-refractivity contribution in [2.45, 2.75) is 25.2 Å².